The van der Waals surface area contributed by atoms with Crippen LogP contribution in [0.5, 0.6) is 5.75 Å². The van der Waals surface area contributed by atoms with Crippen LogP contribution in [0.1, 0.15) is 23.7 Å². The van der Waals surface area contributed by atoms with Crippen LogP contribution >= 0.6 is 0 Å². The standard InChI is InChI=1S/C13H17NO3/c1-13(17)6-7-14(9-13)8-12(16)10-2-4-11(15)5-3-10/h2-5,15,17H,6-9H2,1H3. The van der Waals surface area contributed by atoms with Crippen LogP contribution in [0.4, 0.5) is 0 Å². The third-order valence-corrected chi connectivity index (χ3v) is 3.09. The summed E-state index contributed by atoms with van der Waals surface area (Å²) in [6.45, 7) is 3.40. The van der Waals surface area contributed by atoms with E-state index >= 15 is 0 Å². The van der Waals surface area contributed by atoms with Crippen molar-refractivity contribution in [1.29, 1.82) is 0 Å². The van der Waals surface area contributed by atoms with Gasteiger partial charge < -0.3 is 10.2 Å². The first-order chi connectivity index (χ1) is 7.96. The van der Waals surface area contributed by atoms with Gasteiger partial charge in [0.1, 0.15) is 5.75 Å². The van der Waals surface area contributed by atoms with E-state index in [2.05, 4.69) is 0 Å². The Balaban J connectivity index is 1.96. The minimum absolute atomic E-state index is 0.0164. The first kappa shape index (κ1) is 12.1. The van der Waals surface area contributed by atoms with E-state index in [9.17, 15) is 9.90 Å². The molecular formula is C13H17NO3. The number of carbonyl (C=O) groups is 1. The van der Waals surface area contributed by atoms with E-state index < -0.39 is 5.60 Å². The lowest BCUT2D eigenvalue weighted by atomic mass is 10.1. The zero-order valence-electron chi connectivity index (χ0n) is 9.89. The fourth-order valence-corrected chi connectivity index (χ4v) is 2.12. The zero-order chi connectivity index (χ0) is 12.5. The predicted octanol–water partition coefficient (Wildman–Crippen LogP) is 1.03. The highest BCUT2D eigenvalue weighted by Gasteiger charge is 2.32. The number of aromatic hydroxyl groups is 1. The molecule has 1 unspecified atom stereocenters. The Hall–Kier alpha value is -1.39. The van der Waals surface area contributed by atoms with Crippen LogP contribution in [0, 0.1) is 0 Å². The number of ketones is 1. The molecule has 4 nitrogen and oxygen atoms in total. The molecule has 0 spiro atoms. The Bertz CT molecular complexity index is 411. The number of benzene rings is 1. The topological polar surface area (TPSA) is 60.8 Å². The van der Waals surface area contributed by atoms with Gasteiger partial charge in [-0.15, -0.1) is 0 Å². The molecule has 17 heavy (non-hydrogen) atoms. The van der Waals surface area contributed by atoms with Crippen molar-refractivity contribution in [2.75, 3.05) is 19.6 Å². The summed E-state index contributed by atoms with van der Waals surface area (Å²) in [6, 6.07) is 6.25. The van der Waals surface area contributed by atoms with Crippen molar-refractivity contribution >= 4 is 5.78 Å². The number of likely N-dealkylation sites (tertiary alicyclic amines) is 1. The van der Waals surface area contributed by atoms with Gasteiger partial charge in [0.15, 0.2) is 5.78 Å². The second kappa shape index (κ2) is 4.47. The molecule has 0 aromatic heterocycles. The van der Waals surface area contributed by atoms with E-state index in [1.165, 1.54) is 12.1 Å². The normalized spacial score (nSPS) is 25.1. The van der Waals surface area contributed by atoms with Crippen molar-refractivity contribution in [3.05, 3.63) is 29.8 Å². The molecule has 4 heteroatoms. The first-order valence-electron chi connectivity index (χ1n) is 5.73. The molecule has 0 amide bonds. The summed E-state index contributed by atoms with van der Waals surface area (Å²) in [5, 5.41) is 18.9. The number of Topliss-reactive ketones (excluding diaryl/α,β-unsaturated/α-hetero) is 1. The minimum Gasteiger partial charge on any atom is -0.508 e. The summed E-state index contributed by atoms with van der Waals surface area (Å²) in [4.78, 5) is 13.9. The molecule has 1 saturated heterocycles. The van der Waals surface area contributed by atoms with Gasteiger partial charge in [0, 0.05) is 18.7 Å². The van der Waals surface area contributed by atoms with Gasteiger partial charge in [-0.3, -0.25) is 9.69 Å². The Morgan fingerprint density at radius 1 is 1.41 bits per heavy atom. The lowest BCUT2D eigenvalue weighted by Gasteiger charge is -2.18. The van der Waals surface area contributed by atoms with Crippen LogP contribution in [0.2, 0.25) is 0 Å². The van der Waals surface area contributed by atoms with Gasteiger partial charge in [0.25, 0.3) is 0 Å². The molecule has 1 atom stereocenters. The van der Waals surface area contributed by atoms with Crippen molar-refractivity contribution in [2.24, 2.45) is 0 Å². The molecule has 1 aromatic rings. The summed E-state index contributed by atoms with van der Waals surface area (Å²) in [5.41, 5.74) is -0.0794. The largest absolute Gasteiger partial charge is 0.508 e. The van der Waals surface area contributed by atoms with Gasteiger partial charge in [-0.1, -0.05) is 0 Å². The molecule has 2 N–H and O–H groups in total. The van der Waals surface area contributed by atoms with Gasteiger partial charge in [-0.2, -0.15) is 0 Å². The summed E-state index contributed by atoms with van der Waals surface area (Å²) in [7, 11) is 0. The van der Waals surface area contributed by atoms with Crippen molar-refractivity contribution in [3.63, 3.8) is 0 Å². The molecular weight excluding hydrogens is 218 g/mol. The van der Waals surface area contributed by atoms with Gasteiger partial charge in [-0.05, 0) is 37.6 Å². The van der Waals surface area contributed by atoms with Gasteiger partial charge in [0.2, 0.25) is 0 Å². The Morgan fingerprint density at radius 3 is 2.59 bits per heavy atom. The van der Waals surface area contributed by atoms with Crippen LogP contribution in [-0.2, 0) is 0 Å². The van der Waals surface area contributed by atoms with Crippen molar-refractivity contribution < 1.29 is 15.0 Å². The molecule has 0 saturated carbocycles. The number of hydrogen-bond acceptors (Lipinski definition) is 4. The van der Waals surface area contributed by atoms with Crippen molar-refractivity contribution in [1.82, 2.24) is 4.90 Å². The molecule has 0 bridgehead atoms. The molecule has 0 aliphatic carbocycles. The van der Waals surface area contributed by atoms with Crippen LogP contribution in [0.15, 0.2) is 24.3 Å². The fourth-order valence-electron chi connectivity index (χ4n) is 2.12. The monoisotopic (exact) mass is 235 g/mol. The van der Waals surface area contributed by atoms with Gasteiger partial charge in [0.05, 0.1) is 12.1 Å². The van der Waals surface area contributed by atoms with Crippen molar-refractivity contribution in [3.8, 4) is 5.75 Å². The quantitative estimate of drug-likeness (QED) is 0.768. The maximum Gasteiger partial charge on any atom is 0.176 e. The lowest BCUT2D eigenvalue weighted by molar-refractivity contribution is 0.0669. The average Bonchev–Trinajstić information content (AvgIpc) is 2.59. The highest BCUT2D eigenvalue weighted by Crippen LogP contribution is 2.20. The summed E-state index contributed by atoms with van der Waals surface area (Å²) >= 11 is 0. The number of phenols is 1. The molecule has 1 aliphatic heterocycles. The van der Waals surface area contributed by atoms with Crippen LogP contribution in [0.3, 0.4) is 0 Å². The number of aliphatic hydroxyl groups is 1. The number of carbonyl (C=O) groups excluding carboxylic acids is 1. The SMILES string of the molecule is CC1(O)CCN(CC(=O)c2ccc(O)cc2)C1. The maximum absolute atomic E-state index is 11.9. The van der Waals surface area contributed by atoms with E-state index in [0.717, 1.165) is 6.54 Å². The lowest BCUT2D eigenvalue weighted by Crippen LogP contribution is -2.33. The van der Waals surface area contributed by atoms with Crippen LogP contribution in [0.25, 0.3) is 0 Å². The third-order valence-electron chi connectivity index (χ3n) is 3.09. The van der Waals surface area contributed by atoms with Gasteiger partial charge >= 0.3 is 0 Å². The summed E-state index contributed by atoms with van der Waals surface area (Å²) in [6.07, 6.45) is 0.704. The molecule has 1 aromatic carbocycles. The number of nitrogens with zero attached hydrogens (tertiary/aromatic N) is 1. The number of phenolic OH excluding ortho intramolecular Hbond substituents is 1. The zero-order valence-corrected chi connectivity index (χ0v) is 9.89. The Morgan fingerprint density at radius 2 is 2.06 bits per heavy atom. The van der Waals surface area contributed by atoms with Crippen LogP contribution < -0.4 is 0 Å². The van der Waals surface area contributed by atoms with Crippen molar-refractivity contribution in [2.45, 2.75) is 18.9 Å². The number of rotatable bonds is 3. The minimum atomic E-state index is -0.671. The van der Waals surface area contributed by atoms with Crippen LogP contribution in [-0.4, -0.2) is 46.1 Å². The van der Waals surface area contributed by atoms with E-state index in [4.69, 9.17) is 5.11 Å². The number of hydrogen-bond donors (Lipinski definition) is 2. The molecule has 92 valence electrons. The van der Waals surface area contributed by atoms with Gasteiger partial charge in [-0.25, -0.2) is 0 Å². The van der Waals surface area contributed by atoms with E-state index in [0.29, 0.717) is 25.1 Å². The summed E-state index contributed by atoms with van der Waals surface area (Å²) < 4.78 is 0. The average molecular weight is 235 g/mol. The number of β-amino-alcohol motifs (C(OH)–C–C–N with tert-alkyl or cyclic N) is 1. The molecule has 1 heterocycles. The maximum atomic E-state index is 11.9. The summed E-state index contributed by atoms with van der Waals surface area (Å²) in [5.74, 6) is 0.174. The second-order valence-corrected chi connectivity index (χ2v) is 4.93. The molecule has 1 aliphatic rings. The second-order valence-electron chi connectivity index (χ2n) is 4.93. The highest BCUT2D eigenvalue weighted by molar-refractivity contribution is 5.97. The smallest absolute Gasteiger partial charge is 0.176 e. The van der Waals surface area contributed by atoms with E-state index in [-0.39, 0.29) is 11.5 Å². The fraction of sp³-hybridized carbons (Fsp3) is 0.462. The molecule has 2 rings (SSSR count). The highest BCUT2D eigenvalue weighted by atomic mass is 16.3. The Labute approximate surface area is 100 Å². The predicted molar refractivity (Wildman–Crippen MR) is 64.1 cm³/mol. The first-order valence-corrected chi connectivity index (χ1v) is 5.73. The molecule has 1 fully saturated rings. The van der Waals surface area contributed by atoms with E-state index in [1.807, 2.05) is 4.90 Å². The molecule has 0 radical (unpaired) electrons. The Kier molecular flexibility index (Phi) is 3.17. The van der Waals surface area contributed by atoms with E-state index in [1.54, 1.807) is 19.1 Å². The third kappa shape index (κ3) is 3.05.